The molecule has 2 aromatic carbocycles. The van der Waals surface area contributed by atoms with Crippen molar-refractivity contribution in [2.24, 2.45) is 0 Å². The molecule has 1 amide bonds. The molecule has 1 aliphatic rings. The number of rotatable bonds is 8. The predicted molar refractivity (Wildman–Crippen MR) is 146 cm³/mol. The molecule has 0 spiro atoms. The first-order valence-corrected chi connectivity index (χ1v) is 13.8. The van der Waals surface area contributed by atoms with Crippen LogP contribution in [0.2, 0.25) is 0 Å². The third-order valence-electron chi connectivity index (χ3n) is 6.50. The van der Waals surface area contributed by atoms with E-state index in [2.05, 4.69) is 5.32 Å². The number of halogens is 1. The molecule has 1 atom stereocenters. The van der Waals surface area contributed by atoms with Crippen molar-refractivity contribution >= 4 is 40.4 Å². The Balaban J connectivity index is 1.40. The number of hydrogen-bond donors (Lipinski definition) is 1. The molecular weight excluding hydrogens is 509 g/mol. The van der Waals surface area contributed by atoms with Gasteiger partial charge in [-0.2, -0.15) is 4.39 Å². The quantitative estimate of drug-likeness (QED) is 0.231. The maximum Gasteiger partial charge on any atom is 0.412 e. The van der Waals surface area contributed by atoms with Crippen LogP contribution in [-0.2, 0) is 19.7 Å². The Bertz CT molecular complexity index is 1410. The Kier molecular flexibility index (Phi) is 7.13. The summed E-state index contributed by atoms with van der Waals surface area (Å²) in [6.07, 6.45) is 0.511. The summed E-state index contributed by atoms with van der Waals surface area (Å²) in [5, 5.41) is 4.24. The molecule has 2 aromatic heterocycles. The van der Waals surface area contributed by atoms with Crippen molar-refractivity contribution in [2.45, 2.75) is 38.2 Å². The van der Waals surface area contributed by atoms with E-state index in [0.717, 1.165) is 51.3 Å². The zero-order valence-corrected chi connectivity index (χ0v) is 22.1. The standard InChI is InChI=1S/C29H26FNO4S2/c1-3-34-27(32)29(14-15-29)20-12-10-19(11-13-20)21-7-4-5-8-22(21)26-23(17-25(30)37-26)31-28(33)35-18(2)24-9-6-16-36-24/h4-13,16-18H,3,14-15H2,1-2H3,(H,31,33). The SMILES string of the molecule is CCOC(=O)C1(c2ccc(-c3ccccc3-c3sc(F)cc3NC(=O)OC(C)c3cccs3)cc2)CC1. The lowest BCUT2D eigenvalue weighted by Crippen LogP contribution is -2.23. The monoisotopic (exact) mass is 535 g/mol. The summed E-state index contributed by atoms with van der Waals surface area (Å²) in [5.74, 6) is -0.173. The molecule has 190 valence electrons. The predicted octanol–water partition coefficient (Wildman–Crippen LogP) is 8.19. The number of nitrogens with one attached hydrogen (secondary N) is 1. The third-order valence-corrected chi connectivity index (χ3v) is 8.49. The highest BCUT2D eigenvalue weighted by Crippen LogP contribution is 2.50. The largest absolute Gasteiger partial charge is 0.465 e. The highest BCUT2D eigenvalue weighted by Gasteiger charge is 2.52. The molecule has 0 radical (unpaired) electrons. The summed E-state index contributed by atoms with van der Waals surface area (Å²) in [6, 6.07) is 20.7. The third kappa shape index (κ3) is 5.17. The molecule has 0 bridgehead atoms. The Hall–Kier alpha value is -3.49. The summed E-state index contributed by atoms with van der Waals surface area (Å²) in [4.78, 5) is 26.6. The van der Waals surface area contributed by atoms with Gasteiger partial charge in [0.15, 0.2) is 5.13 Å². The van der Waals surface area contributed by atoms with E-state index in [-0.39, 0.29) is 5.97 Å². The Morgan fingerprint density at radius 1 is 1.05 bits per heavy atom. The van der Waals surface area contributed by atoms with E-state index in [1.54, 1.807) is 6.92 Å². The summed E-state index contributed by atoms with van der Waals surface area (Å²) in [7, 11) is 0. The second kappa shape index (κ2) is 10.5. The summed E-state index contributed by atoms with van der Waals surface area (Å²) >= 11 is 2.47. The molecule has 1 fully saturated rings. The molecule has 8 heteroatoms. The zero-order chi connectivity index (χ0) is 26.0. The van der Waals surface area contributed by atoms with Crippen LogP contribution in [0.1, 0.15) is 43.2 Å². The van der Waals surface area contributed by atoms with E-state index < -0.39 is 22.7 Å². The number of thiophene rings is 2. The zero-order valence-electron chi connectivity index (χ0n) is 20.5. The number of benzene rings is 2. The van der Waals surface area contributed by atoms with Crippen molar-refractivity contribution in [3.8, 4) is 21.6 Å². The Labute approximate surface area is 222 Å². The molecule has 37 heavy (non-hydrogen) atoms. The van der Waals surface area contributed by atoms with Crippen LogP contribution in [0.5, 0.6) is 0 Å². The van der Waals surface area contributed by atoms with Crippen molar-refractivity contribution in [3.63, 3.8) is 0 Å². The number of ether oxygens (including phenoxy) is 2. The molecule has 0 aliphatic heterocycles. The molecule has 1 aliphatic carbocycles. The summed E-state index contributed by atoms with van der Waals surface area (Å²) in [6.45, 7) is 3.97. The molecule has 4 aromatic rings. The molecule has 5 rings (SSSR count). The van der Waals surface area contributed by atoms with Crippen LogP contribution < -0.4 is 5.32 Å². The molecular formula is C29H26FNO4S2. The van der Waals surface area contributed by atoms with E-state index in [4.69, 9.17) is 9.47 Å². The van der Waals surface area contributed by atoms with E-state index in [1.165, 1.54) is 17.4 Å². The van der Waals surface area contributed by atoms with Gasteiger partial charge in [0.25, 0.3) is 0 Å². The number of amides is 1. The van der Waals surface area contributed by atoms with Gasteiger partial charge in [0.2, 0.25) is 0 Å². The van der Waals surface area contributed by atoms with Crippen molar-refractivity contribution in [2.75, 3.05) is 11.9 Å². The van der Waals surface area contributed by atoms with Crippen LogP contribution in [0.4, 0.5) is 14.9 Å². The average molecular weight is 536 g/mol. The van der Waals surface area contributed by atoms with E-state index in [0.29, 0.717) is 17.2 Å². The molecule has 1 unspecified atom stereocenters. The van der Waals surface area contributed by atoms with Crippen LogP contribution in [-0.4, -0.2) is 18.7 Å². The van der Waals surface area contributed by atoms with Crippen LogP contribution >= 0.6 is 22.7 Å². The van der Waals surface area contributed by atoms with Gasteiger partial charge in [-0.15, -0.1) is 22.7 Å². The van der Waals surface area contributed by atoms with Gasteiger partial charge in [-0.3, -0.25) is 10.1 Å². The van der Waals surface area contributed by atoms with Crippen LogP contribution in [0.3, 0.4) is 0 Å². The molecule has 2 heterocycles. The van der Waals surface area contributed by atoms with Crippen LogP contribution in [0.15, 0.2) is 72.1 Å². The lowest BCUT2D eigenvalue weighted by Gasteiger charge is -2.16. The molecule has 1 saturated carbocycles. The van der Waals surface area contributed by atoms with E-state index in [1.807, 2.05) is 73.0 Å². The molecule has 1 N–H and O–H groups in total. The molecule has 5 nitrogen and oxygen atoms in total. The fourth-order valence-corrected chi connectivity index (χ4v) is 6.03. The van der Waals surface area contributed by atoms with Gasteiger partial charge in [-0.05, 0) is 54.8 Å². The summed E-state index contributed by atoms with van der Waals surface area (Å²) in [5.41, 5.74) is 3.36. The van der Waals surface area contributed by atoms with Crippen molar-refractivity contribution in [3.05, 3.63) is 87.7 Å². The van der Waals surface area contributed by atoms with Gasteiger partial charge >= 0.3 is 12.1 Å². The first kappa shape index (κ1) is 25.2. The van der Waals surface area contributed by atoms with Crippen LogP contribution in [0.25, 0.3) is 21.6 Å². The number of hydrogen-bond acceptors (Lipinski definition) is 6. The molecule has 0 saturated heterocycles. The highest BCUT2D eigenvalue weighted by molar-refractivity contribution is 7.14. The maximum absolute atomic E-state index is 14.5. The Morgan fingerprint density at radius 3 is 2.43 bits per heavy atom. The number of anilines is 1. The average Bonchev–Trinajstić information content (AvgIpc) is 3.35. The van der Waals surface area contributed by atoms with Gasteiger partial charge in [-0.1, -0.05) is 54.6 Å². The first-order valence-electron chi connectivity index (χ1n) is 12.1. The fraction of sp³-hybridized carbons (Fsp3) is 0.241. The Morgan fingerprint density at radius 2 is 1.78 bits per heavy atom. The van der Waals surface area contributed by atoms with Crippen molar-refractivity contribution < 1.29 is 23.5 Å². The van der Waals surface area contributed by atoms with Crippen LogP contribution in [0, 0.1) is 5.13 Å². The normalized spacial score (nSPS) is 14.6. The van der Waals surface area contributed by atoms with Gasteiger partial charge < -0.3 is 9.47 Å². The van der Waals surface area contributed by atoms with Gasteiger partial charge in [0.05, 0.1) is 22.6 Å². The number of carbonyl (C=O) groups is 2. The van der Waals surface area contributed by atoms with E-state index in [9.17, 15) is 14.0 Å². The lowest BCUT2D eigenvalue weighted by atomic mass is 9.92. The lowest BCUT2D eigenvalue weighted by molar-refractivity contribution is -0.146. The first-order chi connectivity index (χ1) is 17.9. The minimum atomic E-state index is -0.643. The smallest absolute Gasteiger partial charge is 0.412 e. The minimum absolute atomic E-state index is 0.173. The van der Waals surface area contributed by atoms with Gasteiger partial charge in [-0.25, -0.2) is 4.79 Å². The summed E-state index contributed by atoms with van der Waals surface area (Å²) < 4.78 is 25.3. The number of carbonyl (C=O) groups excluding carboxylic acids is 2. The maximum atomic E-state index is 14.5. The van der Waals surface area contributed by atoms with Crippen molar-refractivity contribution in [1.82, 2.24) is 0 Å². The highest BCUT2D eigenvalue weighted by atomic mass is 32.1. The van der Waals surface area contributed by atoms with E-state index >= 15 is 0 Å². The fourth-order valence-electron chi connectivity index (χ4n) is 4.44. The topological polar surface area (TPSA) is 64.6 Å². The minimum Gasteiger partial charge on any atom is -0.465 e. The van der Waals surface area contributed by atoms with Gasteiger partial charge in [0.1, 0.15) is 6.10 Å². The second-order valence-corrected chi connectivity index (χ2v) is 10.9. The second-order valence-electron chi connectivity index (χ2n) is 8.91. The number of esters is 1. The van der Waals surface area contributed by atoms with Gasteiger partial charge in [0, 0.05) is 16.5 Å². The van der Waals surface area contributed by atoms with Crippen molar-refractivity contribution in [1.29, 1.82) is 0 Å².